The highest BCUT2D eigenvalue weighted by Crippen LogP contribution is 2.34. The van der Waals surface area contributed by atoms with Gasteiger partial charge in [-0.15, -0.1) is 10.2 Å². The summed E-state index contributed by atoms with van der Waals surface area (Å²) in [6.45, 7) is 0. The van der Waals surface area contributed by atoms with Gasteiger partial charge in [0.05, 0.1) is 5.71 Å². The third-order valence-electron chi connectivity index (χ3n) is 4.34. The number of hydrogen-bond donors (Lipinski definition) is 0. The van der Waals surface area contributed by atoms with Crippen LogP contribution in [0.5, 0.6) is 0 Å². The molecule has 1 aromatic carbocycles. The Balaban J connectivity index is 1.69. The first-order chi connectivity index (χ1) is 10.8. The summed E-state index contributed by atoms with van der Waals surface area (Å²) in [5.74, 6) is 2.36. The van der Waals surface area contributed by atoms with Crippen molar-refractivity contribution in [2.24, 2.45) is 5.10 Å². The van der Waals surface area contributed by atoms with Gasteiger partial charge in [-0.25, -0.2) is 0 Å². The smallest absolute Gasteiger partial charge is 0.191 e. The molecule has 0 bridgehead atoms. The van der Waals surface area contributed by atoms with Crippen molar-refractivity contribution in [3.05, 3.63) is 40.7 Å². The lowest BCUT2D eigenvalue weighted by molar-refractivity contribution is 0.417. The number of rotatable bonds is 2. The van der Waals surface area contributed by atoms with Crippen molar-refractivity contribution < 1.29 is 0 Å². The predicted octanol–water partition coefficient (Wildman–Crippen LogP) is 4.34. The summed E-state index contributed by atoms with van der Waals surface area (Å²) < 4.78 is 1.97. The minimum absolute atomic E-state index is 0.504. The van der Waals surface area contributed by atoms with Crippen LogP contribution in [0.25, 0.3) is 0 Å². The molecule has 4 nitrogen and oxygen atoms in total. The maximum absolute atomic E-state index is 5.97. The first kappa shape index (κ1) is 14.3. The number of fused-ring (bicyclic) bond motifs is 1. The largest absolute Gasteiger partial charge is 0.212 e. The molecule has 0 spiro atoms. The molecule has 1 aliphatic carbocycles. The molecule has 1 fully saturated rings. The second-order valence-corrected chi connectivity index (χ2v) is 7.21. The number of halogens is 1. The van der Waals surface area contributed by atoms with Crippen molar-refractivity contribution in [3.8, 4) is 0 Å². The molecular formula is C16H17ClN4S. The fourth-order valence-corrected chi connectivity index (χ4v) is 4.11. The molecule has 6 heteroatoms. The van der Waals surface area contributed by atoms with Gasteiger partial charge < -0.3 is 0 Å². The molecule has 2 aliphatic rings. The lowest BCUT2D eigenvalue weighted by Crippen LogP contribution is -2.17. The van der Waals surface area contributed by atoms with Crippen LogP contribution >= 0.6 is 23.4 Å². The van der Waals surface area contributed by atoms with Crippen LogP contribution in [0.4, 0.5) is 0 Å². The zero-order valence-corrected chi connectivity index (χ0v) is 13.8. The topological polar surface area (TPSA) is 43.1 Å². The van der Waals surface area contributed by atoms with Gasteiger partial charge in [-0.05, 0) is 30.5 Å². The van der Waals surface area contributed by atoms with E-state index in [-0.39, 0.29) is 0 Å². The second-order valence-electron chi connectivity index (χ2n) is 5.83. The quantitative estimate of drug-likeness (QED) is 0.821. The van der Waals surface area contributed by atoms with Gasteiger partial charge in [-0.2, -0.15) is 9.78 Å². The van der Waals surface area contributed by atoms with E-state index in [1.807, 2.05) is 28.9 Å². The lowest BCUT2D eigenvalue weighted by atomic mass is 9.89. The zero-order chi connectivity index (χ0) is 14.9. The standard InChI is InChI=1S/C16H17ClN4S/c17-13-8-6-11(7-9-13)14-10-22-16-19-18-15(21(16)20-14)12-4-2-1-3-5-12/h6-9,12H,1-5,10H2. The van der Waals surface area contributed by atoms with Gasteiger partial charge >= 0.3 is 0 Å². The van der Waals surface area contributed by atoms with E-state index in [2.05, 4.69) is 10.2 Å². The Kier molecular flexibility index (Phi) is 3.92. The van der Waals surface area contributed by atoms with Crippen LogP contribution in [-0.2, 0) is 0 Å². The van der Waals surface area contributed by atoms with E-state index in [4.69, 9.17) is 16.7 Å². The van der Waals surface area contributed by atoms with Crippen molar-refractivity contribution in [2.75, 3.05) is 5.75 Å². The van der Waals surface area contributed by atoms with Gasteiger partial charge in [-0.1, -0.05) is 54.8 Å². The molecule has 0 unspecified atom stereocenters. The van der Waals surface area contributed by atoms with Gasteiger partial charge in [0.1, 0.15) is 0 Å². The maximum Gasteiger partial charge on any atom is 0.212 e. The average Bonchev–Trinajstić information content (AvgIpc) is 2.99. The molecule has 1 saturated carbocycles. The Morgan fingerprint density at radius 1 is 1.05 bits per heavy atom. The normalized spacial score (nSPS) is 18.9. The highest BCUT2D eigenvalue weighted by Gasteiger charge is 2.26. The molecule has 0 atom stereocenters. The second kappa shape index (κ2) is 6.05. The van der Waals surface area contributed by atoms with E-state index in [1.54, 1.807) is 11.8 Å². The maximum atomic E-state index is 5.97. The molecule has 114 valence electrons. The van der Waals surface area contributed by atoms with E-state index < -0.39 is 0 Å². The van der Waals surface area contributed by atoms with Gasteiger partial charge in [0.2, 0.25) is 5.16 Å². The predicted molar refractivity (Wildman–Crippen MR) is 90.0 cm³/mol. The zero-order valence-electron chi connectivity index (χ0n) is 12.2. The fraction of sp³-hybridized carbons (Fsp3) is 0.438. The number of nitrogens with zero attached hydrogens (tertiary/aromatic N) is 4. The summed E-state index contributed by atoms with van der Waals surface area (Å²) in [7, 11) is 0. The molecule has 2 aromatic rings. The van der Waals surface area contributed by atoms with Crippen LogP contribution in [0, 0.1) is 0 Å². The van der Waals surface area contributed by atoms with Crippen LogP contribution in [0.3, 0.4) is 0 Å². The molecule has 0 saturated heterocycles. The Morgan fingerprint density at radius 2 is 1.82 bits per heavy atom. The molecule has 0 N–H and O–H groups in total. The Labute approximate surface area is 139 Å². The Morgan fingerprint density at radius 3 is 2.59 bits per heavy atom. The molecule has 22 heavy (non-hydrogen) atoms. The molecule has 0 amide bonds. The molecule has 0 radical (unpaired) electrons. The van der Waals surface area contributed by atoms with Crippen molar-refractivity contribution >= 4 is 29.1 Å². The number of thioether (sulfide) groups is 1. The van der Waals surface area contributed by atoms with Crippen LogP contribution in [0.1, 0.15) is 49.4 Å². The highest BCUT2D eigenvalue weighted by atomic mass is 35.5. The average molecular weight is 333 g/mol. The van der Waals surface area contributed by atoms with Crippen molar-refractivity contribution in [2.45, 2.75) is 43.2 Å². The van der Waals surface area contributed by atoms with Crippen LogP contribution in [-0.4, -0.2) is 26.3 Å². The summed E-state index contributed by atoms with van der Waals surface area (Å²) in [4.78, 5) is 0. The van der Waals surface area contributed by atoms with E-state index in [1.165, 1.54) is 32.1 Å². The van der Waals surface area contributed by atoms with Gasteiger partial charge in [0.25, 0.3) is 0 Å². The minimum Gasteiger partial charge on any atom is -0.191 e. The summed E-state index contributed by atoms with van der Waals surface area (Å²) in [5.41, 5.74) is 2.18. The molecular weight excluding hydrogens is 316 g/mol. The van der Waals surface area contributed by atoms with Gasteiger partial charge in [0.15, 0.2) is 5.82 Å². The van der Waals surface area contributed by atoms with Gasteiger partial charge in [0, 0.05) is 16.7 Å². The van der Waals surface area contributed by atoms with Crippen LogP contribution in [0.2, 0.25) is 5.02 Å². The molecule has 1 aromatic heterocycles. The van der Waals surface area contributed by atoms with Crippen LogP contribution in [0.15, 0.2) is 34.5 Å². The monoisotopic (exact) mass is 332 g/mol. The van der Waals surface area contributed by atoms with Crippen molar-refractivity contribution in [1.82, 2.24) is 14.9 Å². The fourth-order valence-electron chi connectivity index (χ4n) is 3.14. The van der Waals surface area contributed by atoms with E-state index in [0.29, 0.717) is 5.92 Å². The number of aromatic nitrogens is 3. The third kappa shape index (κ3) is 2.68. The van der Waals surface area contributed by atoms with E-state index >= 15 is 0 Å². The minimum atomic E-state index is 0.504. The highest BCUT2D eigenvalue weighted by molar-refractivity contribution is 7.99. The van der Waals surface area contributed by atoms with Crippen molar-refractivity contribution in [3.63, 3.8) is 0 Å². The van der Waals surface area contributed by atoms with Crippen molar-refractivity contribution in [1.29, 1.82) is 0 Å². The van der Waals surface area contributed by atoms with Gasteiger partial charge in [-0.3, -0.25) is 0 Å². The summed E-state index contributed by atoms with van der Waals surface area (Å²) in [6, 6.07) is 7.87. The molecule has 1 aliphatic heterocycles. The summed E-state index contributed by atoms with van der Waals surface area (Å²) in [6.07, 6.45) is 6.32. The number of benzene rings is 1. The summed E-state index contributed by atoms with van der Waals surface area (Å²) in [5, 5.41) is 15.2. The number of hydrogen-bond acceptors (Lipinski definition) is 4. The summed E-state index contributed by atoms with van der Waals surface area (Å²) >= 11 is 7.68. The molecule has 2 heterocycles. The van der Waals surface area contributed by atoms with E-state index in [0.717, 1.165) is 33.0 Å². The van der Waals surface area contributed by atoms with E-state index in [9.17, 15) is 0 Å². The SMILES string of the molecule is Clc1ccc(C2=Nn3c(nnc3C3CCCCC3)SC2)cc1. The third-order valence-corrected chi connectivity index (χ3v) is 5.53. The first-order valence-corrected chi connectivity index (χ1v) is 9.09. The van der Waals surface area contributed by atoms with Crippen LogP contribution < -0.4 is 0 Å². The Hall–Kier alpha value is -1.33. The lowest BCUT2D eigenvalue weighted by Gasteiger charge is -2.21. The Bertz CT molecular complexity index is 701. The first-order valence-electron chi connectivity index (χ1n) is 7.73. The molecule has 4 rings (SSSR count).